The van der Waals surface area contributed by atoms with Crippen molar-refractivity contribution in [2.24, 2.45) is 0 Å². The highest BCUT2D eigenvalue weighted by Gasteiger charge is 2.10. The molecule has 0 aliphatic heterocycles. The lowest BCUT2D eigenvalue weighted by Gasteiger charge is -2.09. The van der Waals surface area contributed by atoms with Gasteiger partial charge in [-0.2, -0.15) is 15.0 Å². The lowest BCUT2D eigenvalue weighted by Crippen LogP contribution is -2.25. The van der Waals surface area contributed by atoms with Gasteiger partial charge in [0.1, 0.15) is 24.5 Å². The summed E-state index contributed by atoms with van der Waals surface area (Å²) >= 11 is 0. The maximum atomic E-state index is 12.3. The number of carbonyl (C=O) groups is 2. The average Bonchev–Trinajstić information content (AvgIpc) is 3.50. The Hall–Kier alpha value is -5.79. The summed E-state index contributed by atoms with van der Waals surface area (Å²) in [6.07, 6.45) is 4.01. The fourth-order valence-electron chi connectivity index (χ4n) is 4.14. The molecule has 5 aromatic rings. The molecule has 0 saturated heterocycles. The number of anilines is 2. The molecule has 3 heterocycles. The van der Waals surface area contributed by atoms with Crippen LogP contribution in [0.4, 0.5) is 11.8 Å². The number of carbonyl (C=O) groups excluding carboxylic acids is 2. The Balaban J connectivity index is 0.951. The van der Waals surface area contributed by atoms with Crippen LogP contribution in [0.3, 0.4) is 0 Å². The van der Waals surface area contributed by atoms with Crippen molar-refractivity contribution in [3.63, 3.8) is 0 Å². The van der Waals surface area contributed by atoms with Gasteiger partial charge in [0.2, 0.25) is 23.6 Å². The van der Waals surface area contributed by atoms with Gasteiger partial charge in [0.05, 0.1) is 6.33 Å². The molecule has 0 radical (unpaired) electrons. The standard InChI is InChI=1S/C30H32N10O4/c31-23-12-13-33-30(38-23)44-17-22-10-6-20(7-11-22)15-35-25(42)3-1-2-24(41)34-14-19-4-8-21(9-5-19)16-43-28-26-27(37-18-36-26)39-29(32)40-28/h4-13,18H,1-3,14-17H2,(H,34,41)(H,35,42)(H2,31,33,38)(H3,32,36,37,39,40). The largest absolute Gasteiger partial charge is 0.471 e. The SMILES string of the molecule is Nc1ccnc(OCc2ccc(CNC(=O)CCCC(=O)NCc3ccc(COc4nc(N)nc5nc[nH]c45)cc3)cc2)n1. The van der Waals surface area contributed by atoms with E-state index < -0.39 is 0 Å². The molecular formula is C30H32N10O4. The summed E-state index contributed by atoms with van der Waals surface area (Å²) in [7, 11) is 0. The van der Waals surface area contributed by atoms with E-state index in [4.69, 9.17) is 20.9 Å². The molecule has 2 aromatic carbocycles. The molecule has 0 atom stereocenters. The summed E-state index contributed by atoms with van der Waals surface area (Å²) in [5, 5.41) is 5.78. The van der Waals surface area contributed by atoms with Crippen molar-refractivity contribution in [1.29, 1.82) is 0 Å². The van der Waals surface area contributed by atoms with Crippen molar-refractivity contribution in [1.82, 2.24) is 40.5 Å². The molecule has 2 amide bonds. The molecule has 3 aromatic heterocycles. The van der Waals surface area contributed by atoms with Gasteiger partial charge in [0, 0.05) is 32.1 Å². The highest BCUT2D eigenvalue weighted by Crippen LogP contribution is 2.21. The van der Waals surface area contributed by atoms with Crippen molar-refractivity contribution >= 4 is 34.7 Å². The van der Waals surface area contributed by atoms with Crippen LogP contribution >= 0.6 is 0 Å². The predicted molar refractivity (Wildman–Crippen MR) is 162 cm³/mol. The normalized spacial score (nSPS) is 10.8. The van der Waals surface area contributed by atoms with Gasteiger partial charge in [0.15, 0.2) is 5.65 Å². The molecule has 0 aliphatic carbocycles. The van der Waals surface area contributed by atoms with Gasteiger partial charge in [-0.05, 0) is 34.7 Å². The van der Waals surface area contributed by atoms with Gasteiger partial charge in [-0.25, -0.2) is 9.97 Å². The number of rotatable bonds is 14. The first-order valence-corrected chi connectivity index (χ1v) is 13.9. The number of aromatic amines is 1. The Labute approximate surface area is 252 Å². The predicted octanol–water partition coefficient (Wildman–Crippen LogP) is 2.57. The number of amides is 2. The van der Waals surface area contributed by atoms with Gasteiger partial charge >= 0.3 is 6.01 Å². The van der Waals surface area contributed by atoms with Crippen LogP contribution in [0.2, 0.25) is 0 Å². The third-order valence-corrected chi connectivity index (χ3v) is 6.50. The molecule has 0 unspecified atom stereocenters. The molecule has 44 heavy (non-hydrogen) atoms. The van der Waals surface area contributed by atoms with Crippen LogP contribution in [0.5, 0.6) is 11.9 Å². The maximum absolute atomic E-state index is 12.3. The summed E-state index contributed by atoms with van der Waals surface area (Å²) in [4.78, 5) is 47.7. The van der Waals surface area contributed by atoms with Gasteiger partial charge in [-0.1, -0.05) is 48.5 Å². The summed E-state index contributed by atoms with van der Waals surface area (Å²) < 4.78 is 11.3. The second-order valence-corrected chi connectivity index (χ2v) is 9.87. The molecule has 0 aliphatic rings. The monoisotopic (exact) mass is 596 g/mol. The molecule has 0 spiro atoms. The third kappa shape index (κ3) is 8.61. The molecule has 0 saturated carbocycles. The number of aromatic nitrogens is 6. The molecule has 0 bridgehead atoms. The Morgan fingerprint density at radius 2 is 1.32 bits per heavy atom. The first-order chi connectivity index (χ1) is 21.4. The van der Waals surface area contributed by atoms with E-state index in [1.807, 2.05) is 48.5 Å². The zero-order chi connectivity index (χ0) is 30.7. The fraction of sp³-hybridized carbons (Fsp3) is 0.233. The van der Waals surface area contributed by atoms with Crippen LogP contribution < -0.4 is 31.6 Å². The number of benzene rings is 2. The second-order valence-electron chi connectivity index (χ2n) is 9.87. The summed E-state index contributed by atoms with van der Waals surface area (Å²) in [5.41, 5.74) is 16.1. The number of fused-ring (bicyclic) bond motifs is 1. The number of nitrogens with one attached hydrogen (secondary N) is 3. The third-order valence-electron chi connectivity index (χ3n) is 6.50. The van der Waals surface area contributed by atoms with Crippen molar-refractivity contribution < 1.29 is 19.1 Å². The smallest absolute Gasteiger partial charge is 0.318 e. The minimum absolute atomic E-state index is 0.0859. The number of nitrogens with two attached hydrogens (primary N) is 2. The van der Waals surface area contributed by atoms with E-state index in [1.54, 1.807) is 6.07 Å². The van der Waals surface area contributed by atoms with Crippen LogP contribution in [0, 0.1) is 0 Å². The minimum atomic E-state index is -0.114. The van der Waals surface area contributed by atoms with E-state index in [9.17, 15) is 9.59 Å². The highest BCUT2D eigenvalue weighted by molar-refractivity contribution is 5.79. The Morgan fingerprint density at radius 1 is 0.727 bits per heavy atom. The number of H-pyrrole nitrogens is 1. The van der Waals surface area contributed by atoms with E-state index >= 15 is 0 Å². The topological polar surface area (TPSA) is 209 Å². The van der Waals surface area contributed by atoms with E-state index in [0.29, 0.717) is 49.0 Å². The van der Waals surface area contributed by atoms with E-state index in [-0.39, 0.29) is 43.2 Å². The van der Waals surface area contributed by atoms with Crippen LogP contribution in [0.25, 0.3) is 11.2 Å². The molecule has 5 rings (SSSR count). The van der Waals surface area contributed by atoms with E-state index in [0.717, 1.165) is 22.3 Å². The highest BCUT2D eigenvalue weighted by atomic mass is 16.5. The van der Waals surface area contributed by atoms with E-state index in [1.165, 1.54) is 12.5 Å². The van der Waals surface area contributed by atoms with E-state index in [2.05, 4.69) is 40.5 Å². The van der Waals surface area contributed by atoms with Gasteiger partial charge < -0.3 is 36.6 Å². The lowest BCUT2D eigenvalue weighted by molar-refractivity contribution is -0.122. The molecule has 14 heteroatoms. The molecule has 226 valence electrons. The van der Waals surface area contributed by atoms with Crippen LogP contribution in [0.15, 0.2) is 67.1 Å². The first kappa shape index (κ1) is 29.7. The van der Waals surface area contributed by atoms with Crippen molar-refractivity contribution in [2.45, 2.75) is 45.6 Å². The van der Waals surface area contributed by atoms with Gasteiger partial charge in [-0.3, -0.25) is 9.59 Å². The summed E-state index contributed by atoms with van der Waals surface area (Å²) in [5.74, 6) is 0.535. The zero-order valence-electron chi connectivity index (χ0n) is 23.8. The fourth-order valence-corrected chi connectivity index (χ4v) is 4.14. The van der Waals surface area contributed by atoms with Crippen LogP contribution in [0.1, 0.15) is 41.5 Å². The van der Waals surface area contributed by atoms with Crippen LogP contribution in [-0.4, -0.2) is 41.7 Å². The van der Waals surface area contributed by atoms with Crippen molar-refractivity contribution in [2.75, 3.05) is 11.5 Å². The Bertz CT molecular complexity index is 1710. The summed E-state index contributed by atoms with van der Waals surface area (Å²) in [6.45, 7) is 1.36. The number of ether oxygens (including phenoxy) is 2. The molecular weight excluding hydrogens is 564 g/mol. The quantitative estimate of drug-likeness (QED) is 0.126. The number of nitrogens with zero attached hydrogens (tertiary/aromatic N) is 5. The number of nitrogen functional groups attached to an aromatic ring is 2. The van der Waals surface area contributed by atoms with Crippen LogP contribution in [-0.2, 0) is 35.9 Å². The minimum Gasteiger partial charge on any atom is -0.471 e. The van der Waals surface area contributed by atoms with Gasteiger partial charge in [0.25, 0.3) is 0 Å². The molecule has 0 fully saturated rings. The average molecular weight is 597 g/mol. The van der Waals surface area contributed by atoms with Crippen molar-refractivity contribution in [3.05, 3.63) is 89.4 Å². The lowest BCUT2D eigenvalue weighted by atomic mass is 10.1. The maximum Gasteiger partial charge on any atom is 0.318 e. The first-order valence-electron chi connectivity index (χ1n) is 13.9. The Morgan fingerprint density at radius 3 is 1.93 bits per heavy atom. The number of hydrogen-bond donors (Lipinski definition) is 5. The second kappa shape index (κ2) is 14.4. The molecule has 7 N–H and O–H groups in total. The summed E-state index contributed by atoms with van der Waals surface area (Å²) in [6, 6.07) is 17.1. The molecule has 14 nitrogen and oxygen atoms in total. The number of hydrogen-bond acceptors (Lipinski definition) is 11. The van der Waals surface area contributed by atoms with Gasteiger partial charge in [-0.15, -0.1) is 0 Å². The zero-order valence-corrected chi connectivity index (χ0v) is 23.8. The number of imidazole rings is 1. The Kier molecular flexibility index (Phi) is 9.72. The van der Waals surface area contributed by atoms with Crippen molar-refractivity contribution in [3.8, 4) is 11.9 Å².